The molecule has 0 spiro atoms. The lowest BCUT2D eigenvalue weighted by Gasteiger charge is -2.03. The van der Waals surface area contributed by atoms with E-state index in [1.807, 2.05) is 37.3 Å². The second kappa shape index (κ2) is 5.90. The molecule has 0 atom stereocenters. The first kappa shape index (κ1) is 14.7. The van der Waals surface area contributed by atoms with Crippen molar-refractivity contribution in [2.75, 3.05) is 5.32 Å². The number of carbonyl (C=O) groups is 1. The number of amides is 1. The maximum atomic E-state index is 12.4. The Morgan fingerprint density at radius 3 is 2.64 bits per heavy atom. The molecule has 112 valence electrons. The molecule has 0 aliphatic rings. The average molecular weight is 333 g/mol. The minimum atomic E-state index is -0.306. The molecule has 0 bridgehead atoms. The van der Waals surface area contributed by atoms with Crippen molar-refractivity contribution in [3.8, 4) is 5.69 Å². The van der Waals surface area contributed by atoms with Crippen LogP contribution < -0.4 is 5.32 Å². The van der Waals surface area contributed by atoms with E-state index in [0.29, 0.717) is 16.4 Å². The van der Waals surface area contributed by atoms with Gasteiger partial charge in [0.15, 0.2) is 5.13 Å². The maximum absolute atomic E-state index is 12.4. The number of aryl methyl sites for hydroxylation is 2. The van der Waals surface area contributed by atoms with Crippen LogP contribution in [-0.2, 0) is 0 Å². The quantitative estimate of drug-likeness (QED) is 0.792. The fourth-order valence-electron chi connectivity index (χ4n) is 2.07. The molecule has 0 unspecified atom stereocenters. The molecule has 2 aromatic heterocycles. The summed E-state index contributed by atoms with van der Waals surface area (Å²) in [5.74, 6) is -0.306. The van der Waals surface area contributed by atoms with Gasteiger partial charge >= 0.3 is 0 Å². The first-order valence-corrected chi connectivity index (χ1v) is 7.80. The Morgan fingerprint density at radius 2 is 2.00 bits per heavy atom. The Balaban J connectivity index is 1.94. The van der Waals surface area contributed by atoms with Gasteiger partial charge in [-0.1, -0.05) is 29.8 Å². The van der Waals surface area contributed by atoms with Crippen molar-refractivity contribution in [2.45, 2.75) is 13.8 Å². The molecule has 0 radical (unpaired) electrons. The molecule has 0 aliphatic carbocycles. The average Bonchev–Trinajstić information content (AvgIpc) is 3.03. The van der Waals surface area contributed by atoms with Gasteiger partial charge < -0.3 is 0 Å². The van der Waals surface area contributed by atoms with E-state index in [2.05, 4.69) is 15.4 Å². The molecular formula is C15H13ClN4OS. The normalized spacial score (nSPS) is 10.7. The summed E-state index contributed by atoms with van der Waals surface area (Å²) in [6.07, 6.45) is 1.71. The number of halogens is 1. The van der Waals surface area contributed by atoms with Crippen LogP contribution in [-0.4, -0.2) is 20.7 Å². The van der Waals surface area contributed by atoms with Gasteiger partial charge in [0, 0.05) is 11.1 Å². The van der Waals surface area contributed by atoms with E-state index in [1.165, 1.54) is 11.3 Å². The molecule has 7 heteroatoms. The zero-order valence-electron chi connectivity index (χ0n) is 12.0. The third-order valence-corrected chi connectivity index (χ3v) is 4.25. The number of aromatic nitrogens is 3. The largest absolute Gasteiger partial charge is 0.298 e. The molecule has 1 N–H and O–H groups in total. The summed E-state index contributed by atoms with van der Waals surface area (Å²) < 4.78 is 1.55. The lowest BCUT2D eigenvalue weighted by molar-refractivity contribution is 0.102. The summed E-state index contributed by atoms with van der Waals surface area (Å²) in [5.41, 5.74) is 1.73. The third kappa shape index (κ3) is 2.75. The van der Waals surface area contributed by atoms with Gasteiger partial charge in [0.25, 0.3) is 5.91 Å². The smallest absolute Gasteiger partial charge is 0.262 e. The van der Waals surface area contributed by atoms with Gasteiger partial charge in [-0.2, -0.15) is 5.10 Å². The Labute approximate surface area is 136 Å². The van der Waals surface area contributed by atoms with Crippen molar-refractivity contribution in [2.24, 2.45) is 0 Å². The van der Waals surface area contributed by atoms with Gasteiger partial charge in [-0.25, -0.2) is 9.67 Å². The minimum absolute atomic E-state index is 0.287. The number of thiazole rings is 1. The number of nitrogens with zero attached hydrogens (tertiary/aromatic N) is 3. The van der Waals surface area contributed by atoms with Crippen LogP contribution in [0.4, 0.5) is 5.13 Å². The Morgan fingerprint density at radius 1 is 1.27 bits per heavy atom. The van der Waals surface area contributed by atoms with Crippen molar-refractivity contribution < 1.29 is 4.79 Å². The van der Waals surface area contributed by atoms with Crippen LogP contribution in [0.5, 0.6) is 0 Å². The van der Waals surface area contributed by atoms with Crippen molar-refractivity contribution in [3.63, 3.8) is 0 Å². The second-order valence-electron chi connectivity index (χ2n) is 4.73. The number of benzene rings is 1. The van der Waals surface area contributed by atoms with Gasteiger partial charge in [0.1, 0.15) is 10.7 Å². The number of hydrogen-bond donors (Lipinski definition) is 1. The molecule has 0 fully saturated rings. The number of carbonyl (C=O) groups excluding carboxylic acids is 1. The zero-order chi connectivity index (χ0) is 15.7. The topological polar surface area (TPSA) is 59.8 Å². The number of hydrogen-bond acceptors (Lipinski definition) is 4. The van der Waals surface area contributed by atoms with Crippen molar-refractivity contribution in [1.29, 1.82) is 0 Å². The number of para-hydroxylation sites is 1. The van der Waals surface area contributed by atoms with E-state index < -0.39 is 0 Å². The van der Waals surface area contributed by atoms with Gasteiger partial charge in [0.05, 0.1) is 11.4 Å². The predicted octanol–water partition coefficient (Wildman–Crippen LogP) is 3.85. The Kier molecular flexibility index (Phi) is 3.96. The lowest BCUT2D eigenvalue weighted by atomic mass is 10.2. The molecule has 0 aliphatic heterocycles. The van der Waals surface area contributed by atoms with Crippen molar-refractivity contribution in [3.05, 3.63) is 57.8 Å². The maximum Gasteiger partial charge on any atom is 0.262 e. The van der Waals surface area contributed by atoms with Crippen molar-refractivity contribution in [1.82, 2.24) is 14.8 Å². The van der Waals surface area contributed by atoms with Crippen molar-refractivity contribution >= 4 is 34.0 Å². The van der Waals surface area contributed by atoms with Crippen LogP contribution in [0.3, 0.4) is 0 Å². The van der Waals surface area contributed by atoms with Crippen LogP contribution in [0.15, 0.2) is 36.5 Å². The van der Waals surface area contributed by atoms with Crippen LogP contribution >= 0.6 is 22.9 Å². The fraction of sp³-hybridized carbons (Fsp3) is 0.133. The van der Waals surface area contributed by atoms with Crippen LogP contribution in [0, 0.1) is 13.8 Å². The Bertz CT molecular complexity index is 825. The first-order valence-electron chi connectivity index (χ1n) is 6.60. The molecule has 1 amide bonds. The highest BCUT2D eigenvalue weighted by Gasteiger charge is 2.21. The standard InChI is InChI=1S/C15H13ClN4OS/c1-9-8-17-15(22-9)18-14(21)12-10(2)19-20(13(12)16)11-6-4-3-5-7-11/h3-8H,1-2H3,(H,17,18,21). The van der Waals surface area contributed by atoms with E-state index in [1.54, 1.807) is 17.8 Å². The van der Waals surface area contributed by atoms with E-state index in [0.717, 1.165) is 10.6 Å². The molecule has 1 aromatic carbocycles. The summed E-state index contributed by atoms with van der Waals surface area (Å²) in [6, 6.07) is 9.45. The van der Waals surface area contributed by atoms with Crippen LogP contribution in [0.2, 0.25) is 5.15 Å². The first-order chi connectivity index (χ1) is 10.6. The molecular weight excluding hydrogens is 320 g/mol. The highest BCUT2D eigenvalue weighted by Crippen LogP contribution is 2.25. The SMILES string of the molecule is Cc1cnc(NC(=O)c2c(C)nn(-c3ccccc3)c2Cl)s1. The summed E-state index contributed by atoms with van der Waals surface area (Å²) in [6.45, 7) is 3.69. The fourth-order valence-corrected chi connectivity index (χ4v) is 3.09. The second-order valence-corrected chi connectivity index (χ2v) is 6.32. The van der Waals surface area contributed by atoms with Crippen LogP contribution in [0.1, 0.15) is 20.9 Å². The molecule has 0 saturated carbocycles. The van der Waals surface area contributed by atoms with Crippen LogP contribution in [0.25, 0.3) is 5.69 Å². The summed E-state index contributed by atoms with van der Waals surface area (Å²) in [5, 5.41) is 7.94. The Hall–Kier alpha value is -2.18. The van der Waals surface area contributed by atoms with Gasteiger partial charge in [-0.15, -0.1) is 11.3 Å². The molecule has 22 heavy (non-hydrogen) atoms. The molecule has 3 rings (SSSR count). The monoisotopic (exact) mass is 332 g/mol. The molecule has 3 aromatic rings. The van der Waals surface area contributed by atoms with E-state index in [4.69, 9.17) is 11.6 Å². The summed E-state index contributed by atoms with van der Waals surface area (Å²) in [7, 11) is 0. The third-order valence-electron chi connectivity index (χ3n) is 3.07. The molecule has 2 heterocycles. The molecule has 0 saturated heterocycles. The van der Waals surface area contributed by atoms with E-state index in [9.17, 15) is 4.79 Å². The van der Waals surface area contributed by atoms with Gasteiger partial charge in [-0.05, 0) is 26.0 Å². The number of nitrogens with one attached hydrogen (secondary N) is 1. The van der Waals surface area contributed by atoms with E-state index >= 15 is 0 Å². The number of anilines is 1. The summed E-state index contributed by atoms with van der Waals surface area (Å²) >= 11 is 7.77. The van der Waals surface area contributed by atoms with Gasteiger partial charge in [-0.3, -0.25) is 10.1 Å². The highest BCUT2D eigenvalue weighted by molar-refractivity contribution is 7.15. The predicted molar refractivity (Wildman–Crippen MR) is 88.1 cm³/mol. The highest BCUT2D eigenvalue weighted by atomic mass is 35.5. The van der Waals surface area contributed by atoms with Gasteiger partial charge in [0.2, 0.25) is 0 Å². The minimum Gasteiger partial charge on any atom is -0.298 e. The van der Waals surface area contributed by atoms with E-state index in [-0.39, 0.29) is 11.1 Å². The molecule has 5 nitrogen and oxygen atoms in total. The number of rotatable bonds is 3. The lowest BCUT2D eigenvalue weighted by Crippen LogP contribution is -2.12. The zero-order valence-corrected chi connectivity index (χ0v) is 13.6. The summed E-state index contributed by atoms with van der Waals surface area (Å²) in [4.78, 5) is 17.6.